The maximum atomic E-state index is 11.5. The third kappa shape index (κ3) is 2.89. The van der Waals surface area contributed by atoms with Gasteiger partial charge in [0.25, 0.3) is 5.91 Å². The Balaban J connectivity index is 2.09. The van der Waals surface area contributed by atoms with Gasteiger partial charge in [-0.3, -0.25) is 4.79 Å². The summed E-state index contributed by atoms with van der Waals surface area (Å²) in [5.41, 5.74) is 6.33. The van der Waals surface area contributed by atoms with Gasteiger partial charge in [0.15, 0.2) is 0 Å². The van der Waals surface area contributed by atoms with Crippen molar-refractivity contribution in [2.75, 3.05) is 6.61 Å². The summed E-state index contributed by atoms with van der Waals surface area (Å²) in [5, 5.41) is 13.3. The summed E-state index contributed by atoms with van der Waals surface area (Å²) in [4.78, 5) is 11.5. The number of aliphatic hydroxyl groups excluding tert-OH is 1. The highest BCUT2D eigenvalue weighted by Gasteiger charge is 2.26. The number of aliphatic hydroxyl groups is 1. The first-order valence-corrected chi connectivity index (χ1v) is 6.63. The van der Waals surface area contributed by atoms with Crippen molar-refractivity contribution in [3.8, 4) is 5.88 Å². The van der Waals surface area contributed by atoms with Crippen LogP contribution in [0, 0.1) is 12.8 Å². The van der Waals surface area contributed by atoms with E-state index in [1.165, 1.54) is 0 Å². The molecule has 1 aromatic rings. The van der Waals surface area contributed by atoms with Crippen LogP contribution in [0.25, 0.3) is 0 Å². The average Bonchev–Trinajstić information content (AvgIpc) is 2.65. The number of nitrogens with two attached hydrogens (primary N) is 1. The van der Waals surface area contributed by atoms with Gasteiger partial charge in [-0.25, -0.2) is 4.68 Å². The summed E-state index contributed by atoms with van der Waals surface area (Å²) in [6.45, 7) is 1.99. The van der Waals surface area contributed by atoms with Crippen molar-refractivity contribution in [1.82, 2.24) is 9.78 Å². The highest BCUT2D eigenvalue weighted by Crippen LogP contribution is 2.29. The molecule has 1 amide bonds. The molecule has 0 spiro atoms. The molecule has 0 radical (unpaired) electrons. The van der Waals surface area contributed by atoms with Crippen LogP contribution < -0.4 is 10.5 Å². The molecule has 0 bridgehead atoms. The van der Waals surface area contributed by atoms with Crippen LogP contribution in [0.2, 0.25) is 0 Å². The van der Waals surface area contributed by atoms with Crippen LogP contribution in [0.5, 0.6) is 5.88 Å². The van der Waals surface area contributed by atoms with Gasteiger partial charge in [-0.1, -0.05) is 0 Å². The van der Waals surface area contributed by atoms with Crippen molar-refractivity contribution in [2.24, 2.45) is 18.7 Å². The van der Waals surface area contributed by atoms with E-state index in [9.17, 15) is 4.79 Å². The molecule has 106 valence electrons. The molecule has 0 unspecified atom stereocenters. The van der Waals surface area contributed by atoms with E-state index in [1.54, 1.807) is 18.7 Å². The van der Waals surface area contributed by atoms with Gasteiger partial charge in [0.1, 0.15) is 11.7 Å². The standard InChI is InChI=1S/C13H21N3O3/c1-8-11(12(14)18)13(16(2)15-8)19-10-5-3-9(7-17)4-6-10/h9-10,17H,3-7H2,1-2H3,(H2,14,18). The number of amides is 1. The topological polar surface area (TPSA) is 90.4 Å². The van der Waals surface area contributed by atoms with Crippen LogP contribution in [-0.2, 0) is 7.05 Å². The number of ether oxygens (including phenoxy) is 1. The fourth-order valence-electron chi connectivity index (χ4n) is 2.65. The second kappa shape index (κ2) is 5.61. The van der Waals surface area contributed by atoms with Crippen LogP contribution in [0.1, 0.15) is 41.7 Å². The average molecular weight is 267 g/mol. The zero-order valence-corrected chi connectivity index (χ0v) is 11.4. The second-order valence-electron chi connectivity index (χ2n) is 5.20. The van der Waals surface area contributed by atoms with Gasteiger partial charge >= 0.3 is 0 Å². The Hall–Kier alpha value is -1.56. The Labute approximate surface area is 112 Å². The number of hydrogen-bond donors (Lipinski definition) is 2. The minimum atomic E-state index is -0.510. The summed E-state index contributed by atoms with van der Waals surface area (Å²) < 4.78 is 7.47. The summed E-state index contributed by atoms with van der Waals surface area (Å²) in [5.74, 6) is 0.325. The third-order valence-corrected chi connectivity index (χ3v) is 3.75. The molecular weight excluding hydrogens is 246 g/mol. The van der Waals surface area contributed by atoms with Crippen molar-refractivity contribution in [1.29, 1.82) is 0 Å². The van der Waals surface area contributed by atoms with E-state index in [1.807, 2.05) is 0 Å². The molecule has 1 aromatic heterocycles. The van der Waals surface area contributed by atoms with Gasteiger partial charge in [0.2, 0.25) is 5.88 Å². The number of rotatable bonds is 4. The molecule has 19 heavy (non-hydrogen) atoms. The number of carbonyl (C=O) groups excluding carboxylic acids is 1. The SMILES string of the molecule is Cc1nn(C)c(OC2CCC(CO)CC2)c1C(N)=O. The Bertz CT molecular complexity index is 462. The van der Waals surface area contributed by atoms with Crippen molar-refractivity contribution < 1.29 is 14.6 Å². The second-order valence-corrected chi connectivity index (χ2v) is 5.20. The van der Waals surface area contributed by atoms with Gasteiger partial charge in [-0.05, 0) is 38.5 Å². The van der Waals surface area contributed by atoms with Crippen molar-refractivity contribution >= 4 is 5.91 Å². The van der Waals surface area contributed by atoms with E-state index < -0.39 is 5.91 Å². The number of hydrogen-bond acceptors (Lipinski definition) is 4. The molecule has 0 atom stereocenters. The van der Waals surface area contributed by atoms with E-state index in [2.05, 4.69) is 5.10 Å². The first-order valence-electron chi connectivity index (χ1n) is 6.63. The van der Waals surface area contributed by atoms with Crippen molar-refractivity contribution in [2.45, 2.75) is 38.7 Å². The van der Waals surface area contributed by atoms with Crippen molar-refractivity contribution in [3.63, 3.8) is 0 Å². The molecule has 0 aliphatic heterocycles. The van der Waals surface area contributed by atoms with Gasteiger partial charge in [0, 0.05) is 13.7 Å². The van der Waals surface area contributed by atoms with Crippen LogP contribution in [0.3, 0.4) is 0 Å². The lowest BCUT2D eigenvalue weighted by atomic mass is 9.88. The molecule has 1 aliphatic rings. The fourth-order valence-corrected chi connectivity index (χ4v) is 2.65. The maximum Gasteiger partial charge on any atom is 0.256 e. The van der Waals surface area contributed by atoms with E-state index >= 15 is 0 Å². The molecular formula is C13H21N3O3. The molecule has 6 nitrogen and oxygen atoms in total. The number of aromatic nitrogens is 2. The normalized spacial score (nSPS) is 23.3. The summed E-state index contributed by atoms with van der Waals surface area (Å²) in [7, 11) is 1.74. The van der Waals surface area contributed by atoms with Gasteiger partial charge in [0.05, 0.1) is 5.69 Å². The van der Waals surface area contributed by atoms with Crippen LogP contribution in [0.15, 0.2) is 0 Å². The van der Waals surface area contributed by atoms with Gasteiger partial charge in [-0.15, -0.1) is 0 Å². The predicted molar refractivity (Wildman–Crippen MR) is 69.9 cm³/mol. The van der Waals surface area contributed by atoms with Crippen LogP contribution in [-0.4, -0.2) is 33.5 Å². The molecule has 2 rings (SSSR count). The summed E-state index contributed by atoms with van der Waals surface area (Å²) >= 11 is 0. The molecule has 6 heteroatoms. The number of carbonyl (C=O) groups is 1. The van der Waals surface area contributed by atoms with E-state index in [0.29, 0.717) is 23.1 Å². The van der Waals surface area contributed by atoms with Crippen LogP contribution in [0.4, 0.5) is 0 Å². The molecule has 1 aliphatic carbocycles. The van der Waals surface area contributed by atoms with E-state index in [-0.39, 0.29) is 12.7 Å². The smallest absolute Gasteiger partial charge is 0.256 e. The fraction of sp³-hybridized carbons (Fsp3) is 0.692. The monoisotopic (exact) mass is 267 g/mol. The molecule has 1 heterocycles. The first-order chi connectivity index (χ1) is 9.02. The Morgan fingerprint density at radius 2 is 2.11 bits per heavy atom. The van der Waals surface area contributed by atoms with E-state index in [0.717, 1.165) is 25.7 Å². The molecule has 0 aromatic carbocycles. The number of aryl methyl sites for hydroxylation is 2. The minimum Gasteiger partial charge on any atom is -0.474 e. The third-order valence-electron chi connectivity index (χ3n) is 3.75. The van der Waals surface area contributed by atoms with Gasteiger partial charge in [-0.2, -0.15) is 5.10 Å². The zero-order valence-electron chi connectivity index (χ0n) is 11.4. The molecule has 0 saturated heterocycles. The van der Waals surface area contributed by atoms with Gasteiger partial charge < -0.3 is 15.6 Å². The number of primary amides is 1. The maximum absolute atomic E-state index is 11.5. The molecule has 3 N–H and O–H groups in total. The summed E-state index contributed by atoms with van der Waals surface area (Å²) in [6, 6.07) is 0. The largest absolute Gasteiger partial charge is 0.474 e. The lowest BCUT2D eigenvalue weighted by Gasteiger charge is -2.27. The summed E-state index contributed by atoms with van der Waals surface area (Å²) in [6.07, 6.45) is 3.73. The van der Waals surface area contributed by atoms with Crippen molar-refractivity contribution in [3.05, 3.63) is 11.3 Å². The minimum absolute atomic E-state index is 0.0655. The van der Waals surface area contributed by atoms with Crippen LogP contribution >= 0.6 is 0 Å². The molecule has 1 saturated carbocycles. The Morgan fingerprint density at radius 3 is 2.63 bits per heavy atom. The number of nitrogens with zero attached hydrogens (tertiary/aromatic N) is 2. The lowest BCUT2D eigenvalue weighted by molar-refractivity contribution is 0.0917. The molecule has 1 fully saturated rings. The highest BCUT2D eigenvalue weighted by atomic mass is 16.5. The lowest BCUT2D eigenvalue weighted by Crippen LogP contribution is -2.27. The highest BCUT2D eigenvalue weighted by molar-refractivity contribution is 5.96. The Morgan fingerprint density at radius 1 is 1.47 bits per heavy atom. The predicted octanol–water partition coefficient (Wildman–Crippen LogP) is 0.757. The Kier molecular flexibility index (Phi) is 4.09. The first kappa shape index (κ1) is 13.9. The van der Waals surface area contributed by atoms with E-state index in [4.69, 9.17) is 15.6 Å². The quantitative estimate of drug-likeness (QED) is 0.842. The zero-order chi connectivity index (χ0) is 14.0.